The Morgan fingerprint density at radius 2 is 1.65 bits per heavy atom. The number of carbonyl (C=O) groups is 2. The number of pyridine rings is 1. The van der Waals surface area contributed by atoms with Crippen molar-refractivity contribution < 1.29 is 36.7 Å². The van der Waals surface area contributed by atoms with E-state index in [2.05, 4.69) is 15.6 Å². The average Bonchev–Trinajstić information content (AvgIpc) is 2.96. The molecule has 0 radical (unpaired) electrons. The minimum absolute atomic E-state index is 0.00715. The number of anilines is 1. The normalized spacial score (nSPS) is 13.6. The average molecular weight is 680 g/mol. The van der Waals surface area contributed by atoms with Crippen molar-refractivity contribution in [1.82, 2.24) is 10.3 Å². The van der Waals surface area contributed by atoms with Crippen LogP contribution < -0.4 is 15.4 Å². The molecule has 0 aliphatic heterocycles. The molecule has 0 saturated heterocycles. The standard InChI is InChI=1S/C33H41ClF3N3O5Si/c1-21(2)28(29(33(35,36)37)45-46(6,7)32(3,4)5)40-27(41)20-43-30-26(39-31(42)44-19-22-12-9-8-10-13-22)17-16-25(38-30)23-14-11-15-24(34)18-23/h8-18,21,28-29H,19-20H2,1-7H3,(H,39,42)(H,40,41). The minimum atomic E-state index is -4.73. The van der Waals surface area contributed by atoms with E-state index >= 15 is 0 Å². The van der Waals surface area contributed by atoms with Crippen LogP contribution in [0.3, 0.4) is 0 Å². The first-order chi connectivity index (χ1) is 21.4. The molecule has 0 spiro atoms. The molecule has 2 unspecified atom stereocenters. The predicted octanol–water partition coefficient (Wildman–Crippen LogP) is 8.62. The number of aromatic nitrogens is 1. The molecular formula is C33H41ClF3N3O5Si. The molecule has 1 aromatic heterocycles. The van der Waals surface area contributed by atoms with Gasteiger partial charge in [-0.2, -0.15) is 13.2 Å². The van der Waals surface area contributed by atoms with Crippen molar-refractivity contribution in [3.05, 3.63) is 77.3 Å². The molecule has 2 N–H and O–H groups in total. The molecule has 0 bridgehead atoms. The number of ether oxygens (including phenoxy) is 2. The van der Waals surface area contributed by atoms with E-state index in [1.807, 2.05) is 39.0 Å². The number of nitrogens with zero attached hydrogens (tertiary/aromatic N) is 1. The van der Waals surface area contributed by atoms with Gasteiger partial charge in [-0.3, -0.25) is 10.1 Å². The van der Waals surface area contributed by atoms with Gasteiger partial charge in [-0.05, 0) is 53.9 Å². The number of hydrogen-bond donors (Lipinski definition) is 2. The summed E-state index contributed by atoms with van der Waals surface area (Å²) in [6.45, 7) is 11.5. The maximum Gasteiger partial charge on any atom is 0.415 e. The summed E-state index contributed by atoms with van der Waals surface area (Å²) in [5, 5.41) is 5.01. The number of alkyl halides is 3. The molecule has 0 saturated carbocycles. The molecule has 0 fully saturated rings. The van der Waals surface area contributed by atoms with Crippen molar-refractivity contribution in [1.29, 1.82) is 0 Å². The van der Waals surface area contributed by atoms with Gasteiger partial charge in [0.05, 0.1) is 11.7 Å². The van der Waals surface area contributed by atoms with Gasteiger partial charge >= 0.3 is 12.3 Å². The Labute approximate surface area is 274 Å². The van der Waals surface area contributed by atoms with Crippen molar-refractivity contribution in [3.63, 3.8) is 0 Å². The summed E-state index contributed by atoms with van der Waals surface area (Å²) in [6, 6.07) is 17.7. The van der Waals surface area contributed by atoms with Gasteiger partial charge in [0, 0.05) is 10.6 Å². The van der Waals surface area contributed by atoms with Crippen LogP contribution in [0.25, 0.3) is 11.3 Å². The van der Waals surface area contributed by atoms with E-state index in [0.717, 1.165) is 5.56 Å². The Morgan fingerprint density at radius 1 is 0.978 bits per heavy atom. The Bertz CT molecular complexity index is 1480. The quantitative estimate of drug-likeness (QED) is 0.186. The summed E-state index contributed by atoms with van der Waals surface area (Å²) in [6.07, 6.45) is -7.76. The maximum absolute atomic E-state index is 14.4. The van der Waals surface area contributed by atoms with Crippen LogP contribution in [0.15, 0.2) is 66.7 Å². The molecular weight excluding hydrogens is 639 g/mol. The van der Waals surface area contributed by atoms with Gasteiger partial charge in [0.2, 0.25) is 5.88 Å². The summed E-state index contributed by atoms with van der Waals surface area (Å²) < 4.78 is 60.0. The highest BCUT2D eigenvalue weighted by Gasteiger charge is 2.52. The first-order valence-electron chi connectivity index (χ1n) is 14.8. The molecule has 46 heavy (non-hydrogen) atoms. The SMILES string of the molecule is CC(C)C(NC(=O)COc1nc(-c2cccc(Cl)c2)ccc1NC(=O)OCc1ccccc1)C(O[Si](C)(C)C(C)(C)C)C(F)(F)F. The van der Waals surface area contributed by atoms with Gasteiger partial charge < -0.3 is 19.2 Å². The topological polar surface area (TPSA) is 98.8 Å². The van der Waals surface area contributed by atoms with E-state index in [1.165, 1.54) is 6.07 Å². The number of amides is 2. The van der Waals surface area contributed by atoms with E-state index in [-0.39, 0.29) is 18.2 Å². The second-order valence-electron chi connectivity index (χ2n) is 12.7. The molecule has 8 nitrogen and oxygen atoms in total. The number of benzene rings is 2. The largest absolute Gasteiger partial charge is 0.466 e. The summed E-state index contributed by atoms with van der Waals surface area (Å²) >= 11 is 6.15. The number of rotatable bonds is 12. The number of halogens is 4. The first-order valence-corrected chi connectivity index (χ1v) is 18.1. The number of carbonyl (C=O) groups excluding carboxylic acids is 2. The van der Waals surface area contributed by atoms with E-state index < -0.39 is 56.2 Å². The highest BCUT2D eigenvalue weighted by atomic mass is 35.5. The molecule has 2 amide bonds. The van der Waals surface area contributed by atoms with Crippen molar-refractivity contribution in [2.24, 2.45) is 5.92 Å². The molecule has 0 aliphatic carbocycles. The van der Waals surface area contributed by atoms with Crippen LogP contribution in [0.2, 0.25) is 23.2 Å². The third-order valence-corrected chi connectivity index (χ3v) is 12.4. The summed E-state index contributed by atoms with van der Waals surface area (Å²) in [5.74, 6) is -1.59. The molecule has 2 atom stereocenters. The van der Waals surface area contributed by atoms with Crippen LogP contribution in [0.4, 0.5) is 23.7 Å². The third kappa shape index (κ3) is 10.5. The number of nitrogens with one attached hydrogen (secondary N) is 2. The molecule has 3 aromatic rings. The maximum atomic E-state index is 14.4. The summed E-state index contributed by atoms with van der Waals surface area (Å²) in [4.78, 5) is 30.2. The van der Waals surface area contributed by atoms with Gasteiger partial charge in [0.25, 0.3) is 5.91 Å². The lowest BCUT2D eigenvalue weighted by Crippen LogP contribution is -2.59. The molecule has 2 aromatic carbocycles. The molecule has 13 heteroatoms. The minimum Gasteiger partial charge on any atom is -0.466 e. The van der Waals surface area contributed by atoms with E-state index in [4.69, 9.17) is 25.5 Å². The summed E-state index contributed by atoms with van der Waals surface area (Å²) in [7, 11) is -2.88. The molecule has 250 valence electrons. The molecule has 0 aliphatic rings. The zero-order chi connectivity index (χ0) is 34.3. The second-order valence-corrected chi connectivity index (χ2v) is 17.9. The van der Waals surface area contributed by atoms with Gasteiger partial charge in [-0.25, -0.2) is 9.78 Å². The van der Waals surface area contributed by atoms with Crippen molar-refractivity contribution in [2.75, 3.05) is 11.9 Å². The summed E-state index contributed by atoms with van der Waals surface area (Å²) in [5.41, 5.74) is 1.91. The fraction of sp³-hybridized carbons (Fsp3) is 0.424. The van der Waals surface area contributed by atoms with Crippen LogP contribution in [-0.4, -0.2) is 50.2 Å². The van der Waals surface area contributed by atoms with Crippen molar-refractivity contribution in [2.45, 2.75) is 77.7 Å². The zero-order valence-electron chi connectivity index (χ0n) is 27.0. The van der Waals surface area contributed by atoms with Crippen LogP contribution in [0, 0.1) is 5.92 Å². The third-order valence-electron chi connectivity index (χ3n) is 7.69. The Balaban J connectivity index is 1.82. The predicted molar refractivity (Wildman–Crippen MR) is 175 cm³/mol. The van der Waals surface area contributed by atoms with E-state index in [0.29, 0.717) is 16.3 Å². The van der Waals surface area contributed by atoms with Gasteiger partial charge in [0.1, 0.15) is 12.3 Å². The van der Waals surface area contributed by atoms with Gasteiger partial charge in [-0.1, -0.05) is 88.7 Å². The molecule has 1 heterocycles. The number of hydrogen-bond acceptors (Lipinski definition) is 6. The van der Waals surface area contributed by atoms with Crippen LogP contribution in [0.5, 0.6) is 5.88 Å². The van der Waals surface area contributed by atoms with Gasteiger partial charge in [0.15, 0.2) is 21.0 Å². The van der Waals surface area contributed by atoms with Crippen LogP contribution in [0.1, 0.15) is 40.2 Å². The second kappa shape index (κ2) is 15.3. The first kappa shape index (κ1) is 36.9. The smallest absolute Gasteiger partial charge is 0.415 e. The monoisotopic (exact) mass is 679 g/mol. The molecule has 3 rings (SSSR count). The lowest BCUT2D eigenvalue weighted by molar-refractivity contribution is -0.210. The Kier molecular flexibility index (Phi) is 12.3. The van der Waals surface area contributed by atoms with E-state index in [9.17, 15) is 22.8 Å². The van der Waals surface area contributed by atoms with Crippen LogP contribution >= 0.6 is 11.6 Å². The fourth-order valence-corrected chi connectivity index (χ4v) is 5.57. The Hall–Kier alpha value is -3.61. The fourth-order valence-electron chi connectivity index (χ4n) is 4.11. The Morgan fingerprint density at radius 3 is 2.24 bits per heavy atom. The highest BCUT2D eigenvalue weighted by Crippen LogP contribution is 2.41. The van der Waals surface area contributed by atoms with E-state index in [1.54, 1.807) is 69.4 Å². The van der Waals surface area contributed by atoms with Crippen LogP contribution in [-0.2, 0) is 20.6 Å². The van der Waals surface area contributed by atoms with Gasteiger partial charge in [-0.15, -0.1) is 0 Å². The zero-order valence-corrected chi connectivity index (χ0v) is 28.8. The van der Waals surface area contributed by atoms with Crippen molar-refractivity contribution in [3.8, 4) is 17.1 Å². The lowest BCUT2D eigenvalue weighted by Gasteiger charge is -2.42. The highest BCUT2D eigenvalue weighted by molar-refractivity contribution is 6.74. The lowest BCUT2D eigenvalue weighted by atomic mass is 9.98. The van der Waals surface area contributed by atoms with Crippen molar-refractivity contribution >= 4 is 37.6 Å².